The van der Waals surface area contributed by atoms with Crippen LogP contribution in [-0.2, 0) is 4.74 Å². The summed E-state index contributed by atoms with van der Waals surface area (Å²) in [5.41, 5.74) is 8.39. The van der Waals surface area contributed by atoms with Gasteiger partial charge in [-0.1, -0.05) is 12.1 Å². The molecule has 1 aliphatic heterocycles. The van der Waals surface area contributed by atoms with Crippen molar-refractivity contribution in [3.05, 3.63) is 65.9 Å². The average Bonchev–Trinajstić information content (AvgIpc) is 3.33. The summed E-state index contributed by atoms with van der Waals surface area (Å²) in [6, 6.07) is 9.87. The Kier molecular flexibility index (Phi) is 7.04. The van der Waals surface area contributed by atoms with Gasteiger partial charge in [0.25, 0.3) is 5.91 Å². The van der Waals surface area contributed by atoms with Crippen molar-refractivity contribution >= 4 is 40.4 Å². The van der Waals surface area contributed by atoms with Gasteiger partial charge in [0.2, 0.25) is 0 Å². The van der Waals surface area contributed by atoms with E-state index in [0.29, 0.717) is 52.7 Å². The van der Waals surface area contributed by atoms with E-state index in [1.165, 1.54) is 18.6 Å². The smallest absolute Gasteiger partial charge is 0.410 e. The van der Waals surface area contributed by atoms with Crippen LogP contribution in [0.4, 0.5) is 22.1 Å². The topological polar surface area (TPSA) is 146 Å². The minimum atomic E-state index is -0.585. The van der Waals surface area contributed by atoms with Crippen molar-refractivity contribution in [2.75, 3.05) is 24.1 Å². The largest absolute Gasteiger partial charge is 0.444 e. The molecule has 40 heavy (non-hydrogen) atoms. The Morgan fingerprint density at radius 2 is 1.93 bits per heavy atom. The van der Waals surface area contributed by atoms with E-state index in [9.17, 15) is 9.59 Å². The van der Waals surface area contributed by atoms with Gasteiger partial charge in [0, 0.05) is 30.4 Å². The van der Waals surface area contributed by atoms with Crippen molar-refractivity contribution in [3.8, 4) is 11.3 Å². The molecule has 0 saturated carbocycles. The van der Waals surface area contributed by atoms with Crippen LogP contribution < -0.4 is 11.1 Å². The third-order valence-electron chi connectivity index (χ3n) is 6.45. The van der Waals surface area contributed by atoms with Crippen molar-refractivity contribution in [1.29, 1.82) is 0 Å². The van der Waals surface area contributed by atoms with Crippen LogP contribution in [0.3, 0.4) is 0 Å². The summed E-state index contributed by atoms with van der Waals surface area (Å²) in [4.78, 5) is 43.3. The number of fused-ring (bicyclic) bond motifs is 1. The molecule has 1 fully saturated rings. The monoisotopic (exact) mass is 539 g/mol. The number of amides is 2. The fraction of sp³-hybridized carbons (Fsp3) is 0.321. The van der Waals surface area contributed by atoms with Gasteiger partial charge >= 0.3 is 6.09 Å². The molecule has 12 heteroatoms. The second kappa shape index (κ2) is 10.6. The SMILES string of the molecule is [C-]#[N+]c1ccnc(NC(=O)c2ccc(-c3nn([C@@H]4CCCN(C(=O)OC(C)(C)C)C4)c4ncnc(N)c34)cc2)c1. The van der Waals surface area contributed by atoms with Crippen molar-refractivity contribution in [3.63, 3.8) is 0 Å². The van der Waals surface area contributed by atoms with Crippen LogP contribution in [0, 0.1) is 6.57 Å². The molecule has 0 spiro atoms. The first-order chi connectivity index (χ1) is 19.1. The molecule has 1 aliphatic rings. The minimum absolute atomic E-state index is 0.129. The second-order valence-corrected chi connectivity index (χ2v) is 10.5. The zero-order chi connectivity index (χ0) is 28.4. The maximum atomic E-state index is 12.8. The predicted molar refractivity (Wildman–Crippen MR) is 150 cm³/mol. The molecule has 0 unspecified atom stereocenters. The van der Waals surface area contributed by atoms with Gasteiger partial charge in [-0.15, -0.1) is 0 Å². The summed E-state index contributed by atoms with van der Waals surface area (Å²) in [5.74, 6) is 0.229. The van der Waals surface area contributed by atoms with E-state index in [2.05, 4.69) is 25.1 Å². The lowest BCUT2D eigenvalue weighted by molar-refractivity contribution is 0.0169. The Bertz CT molecular complexity index is 1620. The molecular weight excluding hydrogens is 510 g/mol. The third-order valence-corrected chi connectivity index (χ3v) is 6.45. The van der Waals surface area contributed by atoms with E-state index >= 15 is 0 Å². The number of nitrogens with zero attached hydrogens (tertiary/aromatic N) is 7. The number of hydrogen-bond donors (Lipinski definition) is 2. The van der Waals surface area contributed by atoms with Crippen molar-refractivity contribution < 1.29 is 14.3 Å². The Morgan fingerprint density at radius 3 is 2.65 bits per heavy atom. The number of hydrogen-bond acceptors (Lipinski definition) is 8. The molecule has 1 saturated heterocycles. The number of pyridine rings is 1. The summed E-state index contributed by atoms with van der Waals surface area (Å²) in [6.07, 6.45) is 4.12. The van der Waals surface area contributed by atoms with Crippen LogP contribution in [0.2, 0.25) is 0 Å². The molecule has 4 heterocycles. The van der Waals surface area contributed by atoms with Crippen molar-refractivity contribution in [2.45, 2.75) is 45.3 Å². The number of anilines is 2. The van der Waals surface area contributed by atoms with Gasteiger partial charge in [-0.3, -0.25) is 4.79 Å². The van der Waals surface area contributed by atoms with Crippen LogP contribution in [0.15, 0.2) is 48.9 Å². The van der Waals surface area contributed by atoms with Crippen LogP contribution in [0.5, 0.6) is 0 Å². The van der Waals surface area contributed by atoms with Gasteiger partial charge in [0.1, 0.15) is 29.3 Å². The minimum Gasteiger partial charge on any atom is -0.444 e. The van der Waals surface area contributed by atoms with Gasteiger partial charge in [-0.2, -0.15) is 5.10 Å². The van der Waals surface area contributed by atoms with Crippen LogP contribution in [0.1, 0.15) is 50.0 Å². The number of aromatic nitrogens is 5. The zero-order valence-corrected chi connectivity index (χ0v) is 22.5. The number of carbonyl (C=O) groups excluding carboxylic acids is 2. The molecule has 12 nitrogen and oxygen atoms in total. The Morgan fingerprint density at radius 1 is 1.15 bits per heavy atom. The number of nitrogens with one attached hydrogen (secondary N) is 1. The second-order valence-electron chi connectivity index (χ2n) is 10.5. The fourth-order valence-corrected chi connectivity index (χ4v) is 4.62. The van der Waals surface area contributed by atoms with E-state index in [1.807, 2.05) is 25.5 Å². The summed E-state index contributed by atoms with van der Waals surface area (Å²) in [6.45, 7) is 13.7. The number of nitrogens with two attached hydrogens (primary N) is 1. The molecule has 3 aromatic heterocycles. The number of carbonyl (C=O) groups is 2. The molecule has 4 aromatic rings. The maximum absolute atomic E-state index is 12.8. The quantitative estimate of drug-likeness (QED) is 0.350. The van der Waals surface area contributed by atoms with Gasteiger partial charge < -0.3 is 20.7 Å². The standard InChI is InChI=1S/C28H29N9O3/c1-28(2,3)40-27(39)36-13-5-6-20(15-36)37-25-22(24(29)32-16-33-25)23(35-37)17-7-9-18(10-8-17)26(38)34-21-14-19(30-4)11-12-31-21/h7-12,14,16,20H,5-6,13,15H2,1-3H3,(H2,29,32,33)(H,31,34,38)/t20-/m1/s1. The molecule has 1 aromatic carbocycles. The maximum Gasteiger partial charge on any atom is 0.410 e. The summed E-state index contributed by atoms with van der Waals surface area (Å²) in [5, 5.41) is 8.21. The number of piperidine rings is 1. The lowest BCUT2D eigenvalue weighted by atomic mass is 10.1. The average molecular weight is 540 g/mol. The molecular formula is C28H29N9O3. The number of likely N-dealkylation sites (tertiary alicyclic amines) is 1. The lowest BCUT2D eigenvalue weighted by Crippen LogP contribution is -2.43. The Labute approximate surface area is 231 Å². The molecule has 0 aliphatic carbocycles. The first kappa shape index (κ1) is 26.6. The van der Waals surface area contributed by atoms with E-state index in [-0.39, 0.29) is 18.0 Å². The molecule has 2 amide bonds. The van der Waals surface area contributed by atoms with Gasteiger partial charge in [0.05, 0.1) is 18.0 Å². The summed E-state index contributed by atoms with van der Waals surface area (Å²) in [7, 11) is 0. The van der Waals surface area contributed by atoms with Crippen LogP contribution >= 0.6 is 0 Å². The number of nitrogen functional groups attached to an aromatic ring is 1. The van der Waals surface area contributed by atoms with Gasteiger partial charge in [0.15, 0.2) is 11.3 Å². The number of rotatable bonds is 4. The molecule has 204 valence electrons. The van der Waals surface area contributed by atoms with E-state index < -0.39 is 5.60 Å². The van der Waals surface area contributed by atoms with Crippen molar-refractivity contribution in [1.82, 2.24) is 29.6 Å². The van der Waals surface area contributed by atoms with Crippen molar-refractivity contribution in [2.24, 2.45) is 0 Å². The van der Waals surface area contributed by atoms with E-state index in [4.69, 9.17) is 22.1 Å². The Hall–Kier alpha value is -5.05. The first-order valence-corrected chi connectivity index (χ1v) is 12.8. The zero-order valence-electron chi connectivity index (χ0n) is 22.5. The third kappa shape index (κ3) is 5.54. The number of benzene rings is 1. The highest BCUT2D eigenvalue weighted by atomic mass is 16.6. The molecule has 5 rings (SSSR count). The molecule has 0 radical (unpaired) electrons. The van der Waals surface area contributed by atoms with Crippen LogP contribution in [0.25, 0.3) is 27.1 Å². The van der Waals surface area contributed by atoms with Gasteiger partial charge in [-0.05, 0) is 57.9 Å². The predicted octanol–water partition coefficient (Wildman–Crippen LogP) is 4.85. The highest BCUT2D eigenvalue weighted by Crippen LogP contribution is 2.34. The fourth-order valence-electron chi connectivity index (χ4n) is 4.62. The summed E-state index contributed by atoms with van der Waals surface area (Å²) >= 11 is 0. The highest BCUT2D eigenvalue weighted by molar-refractivity contribution is 6.04. The molecule has 0 bridgehead atoms. The molecule has 1 atom stereocenters. The van der Waals surface area contributed by atoms with E-state index in [1.54, 1.807) is 35.2 Å². The number of ether oxygens (including phenoxy) is 1. The van der Waals surface area contributed by atoms with Gasteiger partial charge in [-0.25, -0.2) is 29.3 Å². The lowest BCUT2D eigenvalue weighted by Gasteiger charge is -2.34. The normalized spacial score (nSPS) is 15.4. The van der Waals surface area contributed by atoms with Crippen LogP contribution in [-0.4, -0.2) is 60.3 Å². The molecule has 3 N–H and O–H groups in total. The first-order valence-electron chi connectivity index (χ1n) is 12.8. The summed E-state index contributed by atoms with van der Waals surface area (Å²) < 4.78 is 7.40. The Balaban J connectivity index is 1.42. The highest BCUT2D eigenvalue weighted by Gasteiger charge is 2.31. The van der Waals surface area contributed by atoms with E-state index in [0.717, 1.165) is 18.4 Å².